The van der Waals surface area contributed by atoms with Crippen molar-refractivity contribution in [3.8, 4) is 0 Å². The van der Waals surface area contributed by atoms with Crippen LogP contribution in [-0.2, 0) is 17.9 Å². The number of carbonyl (C=O) groups excluding carboxylic acids is 1. The Morgan fingerprint density at radius 2 is 1.86 bits per heavy atom. The Labute approximate surface area is 165 Å². The maximum Gasteiger partial charge on any atom is 0.273 e. The normalized spacial score (nSPS) is 15.2. The molecule has 3 aromatic rings. The van der Waals surface area contributed by atoms with Gasteiger partial charge >= 0.3 is 0 Å². The van der Waals surface area contributed by atoms with E-state index in [4.69, 9.17) is 0 Å². The summed E-state index contributed by atoms with van der Waals surface area (Å²) >= 11 is 1.64. The van der Waals surface area contributed by atoms with E-state index in [1.165, 1.54) is 0 Å². The van der Waals surface area contributed by atoms with Gasteiger partial charge in [-0.3, -0.25) is 24.4 Å². The molecule has 1 fully saturated rings. The van der Waals surface area contributed by atoms with E-state index in [1.54, 1.807) is 40.5 Å². The highest BCUT2D eigenvalue weighted by molar-refractivity contribution is 7.09. The molecule has 9 heteroatoms. The van der Waals surface area contributed by atoms with Crippen LogP contribution in [0.2, 0.25) is 0 Å². The molecule has 4 rings (SSSR count). The first kappa shape index (κ1) is 18.6. The molecule has 0 radical (unpaired) electrons. The number of nitrogens with one attached hydrogen (secondary N) is 1. The lowest BCUT2D eigenvalue weighted by Gasteiger charge is -2.34. The molecule has 1 aliphatic heterocycles. The SMILES string of the molecule is Cc1nc(CN2CCN(C(=O)Cn3[nH]c(=O)c4ccccc4c3=O)CC2)cs1. The van der Waals surface area contributed by atoms with Gasteiger partial charge in [-0.1, -0.05) is 12.1 Å². The molecule has 1 aromatic carbocycles. The van der Waals surface area contributed by atoms with E-state index in [9.17, 15) is 14.4 Å². The van der Waals surface area contributed by atoms with Crippen molar-refractivity contribution in [3.63, 3.8) is 0 Å². The Bertz CT molecular complexity index is 1120. The molecule has 2 aromatic heterocycles. The molecule has 0 unspecified atom stereocenters. The molecule has 3 heterocycles. The van der Waals surface area contributed by atoms with Crippen LogP contribution in [0.5, 0.6) is 0 Å². The number of fused-ring (bicyclic) bond motifs is 1. The van der Waals surface area contributed by atoms with E-state index in [0.717, 1.165) is 35.0 Å². The summed E-state index contributed by atoms with van der Waals surface area (Å²) in [6.07, 6.45) is 0. The zero-order chi connectivity index (χ0) is 19.7. The van der Waals surface area contributed by atoms with Gasteiger partial charge in [-0.2, -0.15) is 0 Å². The molecule has 0 spiro atoms. The maximum atomic E-state index is 12.7. The van der Waals surface area contributed by atoms with Gasteiger partial charge in [-0.15, -0.1) is 11.3 Å². The summed E-state index contributed by atoms with van der Waals surface area (Å²) < 4.78 is 1.11. The van der Waals surface area contributed by atoms with Crippen LogP contribution in [0.1, 0.15) is 10.7 Å². The number of hydrogen-bond acceptors (Lipinski definition) is 6. The summed E-state index contributed by atoms with van der Waals surface area (Å²) in [5.41, 5.74) is 0.329. The highest BCUT2D eigenvalue weighted by atomic mass is 32.1. The number of amides is 1. The molecule has 1 amide bonds. The van der Waals surface area contributed by atoms with Gasteiger partial charge in [0, 0.05) is 38.1 Å². The van der Waals surface area contributed by atoms with Gasteiger partial charge in [0.25, 0.3) is 11.1 Å². The minimum atomic E-state index is -0.369. The van der Waals surface area contributed by atoms with Gasteiger partial charge < -0.3 is 4.90 Å². The number of H-pyrrole nitrogens is 1. The summed E-state index contributed by atoms with van der Waals surface area (Å²) in [5.74, 6) is -0.169. The Morgan fingerprint density at radius 1 is 1.14 bits per heavy atom. The van der Waals surface area contributed by atoms with Crippen LogP contribution >= 0.6 is 11.3 Å². The van der Waals surface area contributed by atoms with Crippen LogP contribution < -0.4 is 11.1 Å². The summed E-state index contributed by atoms with van der Waals surface area (Å²) in [6, 6.07) is 6.62. The van der Waals surface area contributed by atoms with Crippen LogP contribution in [0.15, 0.2) is 39.2 Å². The molecule has 146 valence electrons. The lowest BCUT2D eigenvalue weighted by atomic mass is 10.2. The number of nitrogens with zero attached hydrogens (tertiary/aromatic N) is 4. The Kier molecular flexibility index (Phi) is 5.10. The molecule has 1 aliphatic rings. The Balaban J connectivity index is 1.41. The van der Waals surface area contributed by atoms with Gasteiger partial charge in [0.1, 0.15) is 6.54 Å². The number of carbonyl (C=O) groups is 1. The van der Waals surface area contributed by atoms with Crippen molar-refractivity contribution in [2.75, 3.05) is 26.2 Å². The number of piperazine rings is 1. The van der Waals surface area contributed by atoms with Crippen molar-refractivity contribution in [1.29, 1.82) is 0 Å². The highest BCUT2D eigenvalue weighted by Gasteiger charge is 2.22. The predicted molar refractivity (Wildman–Crippen MR) is 108 cm³/mol. The second kappa shape index (κ2) is 7.69. The van der Waals surface area contributed by atoms with Crippen LogP contribution in [0.3, 0.4) is 0 Å². The molecule has 1 N–H and O–H groups in total. The number of rotatable bonds is 4. The molecule has 8 nitrogen and oxygen atoms in total. The molecule has 1 saturated heterocycles. The van der Waals surface area contributed by atoms with Gasteiger partial charge in [0.15, 0.2) is 0 Å². The first-order chi connectivity index (χ1) is 13.5. The minimum Gasteiger partial charge on any atom is -0.339 e. The van der Waals surface area contributed by atoms with E-state index in [2.05, 4.69) is 20.4 Å². The summed E-state index contributed by atoms with van der Waals surface area (Å²) in [6.45, 7) is 5.30. The van der Waals surface area contributed by atoms with Crippen molar-refractivity contribution in [1.82, 2.24) is 24.6 Å². The van der Waals surface area contributed by atoms with Crippen molar-refractivity contribution in [2.45, 2.75) is 20.0 Å². The fourth-order valence-electron chi connectivity index (χ4n) is 3.46. The number of aromatic nitrogens is 3. The molecular formula is C19H21N5O3S. The average molecular weight is 399 g/mol. The van der Waals surface area contributed by atoms with Crippen molar-refractivity contribution < 1.29 is 4.79 Å². The molecule has 0 saturated carbocycles. The van der Waals surface area contributed by atoms with E-state index >= 15 is 0 Å². The summed E-state index contributed by atoms with van der Waals surface area (Å²) in [4.78, 5) is 45.9. The monoisotopic (exact) mass is 399 g/mol. The number of hydrogen-bond donors (Lipinski definition) is 1. The molecule has 0 aliphatic carbocycles. The second-order valence-corrected chi connectivity index (χ2v) is 7.95. The topological polar surface area (TPSA) is 91.3 Å². The van der Waals surface area contributed by atoms with Crippen molar-refractivity contribution >= 4 is 28.0 Å². The first-order valence-electron chi connectivity index (χ1n) is 9.14. The molecule has 0 bridgehead atoms. The second-order valence-electron chi connectivity index (χ2n) is 6.89. The predicted octanol–water partition coefficient (Wildman–Crippen LogP) is 0.799. The Morgan fingerprint density at radius 3 is 2.54 bits per heavy atom. The van der Waals surface area contributed by atoms with Crippen LogP contribution in [0.25, 0.3) is 10.8 Å². The number of thiazole rings is 1. The van der Waals surface area contributed by atoms with Crippen LogP contribution in [0.4, 0.5) is 0 Å². The van der Waals surface area contributed by atoms with Gasteiger partial charge in [-0.25, -0.2) is 9.67 Å². The van der Waals surface area contributed by atoms with Gasteiger partial charge in [-0.05, 0) is 19.1 Å². The third-order valence-corrected chi connectivity index (χ3v) is 5.78. The lowest BCUT2D eigenvalue weighted by molar-refractivity contribution is -0.133. The largest absolute Gasteiger partial charge is 0.339 e. The first-order valence-corrected chi connectivity index (χ1v) is 10.0. The van der Waals surface area contributed by atoms with Gasteiger partial charge in [0.2, 0.25) is 5.91 Å². The highest BCUT2D eigenvalue weighted by Crippen LogP contribution is 2.12. The van der Waals surface area contributed by atoms with Crippen molar-refractivity contribution in [2.24, 2.45) is 0 Å². The number of aryl methyl sites for hydroxylation is 1. The van der Waals surface area contributed by atoms with E-state index in [-0.39, 0.29) is 23.6 Å². The third-order valence-electron chi connectivity index (χ3n) is 4.95. The fourth-order valence-corrected chi connectivity index (χ4v) is 4.06. The van der Waals surface area contributed by atoms with E-state index < -0.39 is 0 Å². The van der Waals surface area contributed by atoms with Crippen molar-refractivity contribution in [3.05, 3.63) is 61.1 Å². The third kappa shape index (κ3) is 3.76. The standard InChI is InChI=1S/C19H21N5O3S/c1-13-20-14(12-28-13)10-22-6-8-23(9-7-22)17(25)11-24-19(27)16-5-3-2-4-15(16)18(26)21-24/h2-5,12H,6-11H2,1H3,(H,21,26). The zero-order valence-corrected chi connectivity index (χ0v) is 16.4. The fraction of sp³-hybridized carbons (Fsp3) is 0.368. The number of benzene rings is 1. The smallest absolute Gasteiger partial charge is 0.273 e. The lowest BCUT2D eigenvalue weighted by Crippen LogP contribution is -2.50. The number of aromatic amines is 1. The van der Waals surface area contributed by atoms with E-state index in [0.29, 0.717) is 23.9 Å². The molecule has 0 atom stereocenters. The zero-order valence-electron chi connectivity index (χ0n) is 15.6. The quantitative estimate of drug-likeness (QED) is 0.701. The van der Waals surface area contributed by atoms with Gasteiger partial charge in [0.05, 0.1) is 21.5 Å². The molecule has 28 heavy (non-hydrogen) atoms. The van der Waals surface area contributed by atoms with E-state index in [1.807, 2.05) is 6.92 Å². The molecular weight excluding hydrogens is 378 g/mol. The summed E-state index contributed by atoms with van der Waals surface area (Å²) in [7, 11) is 0. The van der Waals surface area contributed by atoms with Crippen LogP contribution in [-0.4, -0.2) is 56.7 Å². The maximum absolute atomic E-state index is 12.7. The Hall–Kier alpha value is -2.78. The average Bonchev–Trinajstić information content (AvgIpc) is 3.11. The summed E-state index contributed by atoms with van der Waals surface area (Å²) in [5, 5.41) is 6.29. The minimum absolute atomic E-state index is 0.163. The van der Waals surface area contributed by atoms with Crippen LogP contribution in [0, 0.1) is 6.92 Å².